The van der Waals surface area contributed by atoms with Gasteiger partial charge in [0.2, 0.25) is 11.9 Å². The maximum absolute atomic E-state index is 12.1. The van der Waals surface area contributed by atoms with Crippen LogP contribution in [0.25, 0.3) is 0 Å². The zero-order chi connectivity index (χ0) is 23.2. The van der Waals surface area contributed by atoms with Crippen LogP contribution in [0, 0.1) is 0 Å². The van der Waals surface area contributed by atoms with Crippen LogP contribution in [0.5, 0.6) is 0 Å². The number of nitrogens with zero attached hydrogens (tertiary/aromatic N) is 1. The van der Waals surface area contributed by atoms with Gasteiger partial charge in [0.05, 0.1) is 6.04 Å². The number of nitrogens with one attached hydrogen (secondary N) is 2. The van der Waals surface area contributed by atoms with Gasteiger partial charge >= 0.3 is 12.2 Å². The molecule has 0 aliphatic rings. The number of primary amides is 1. The normalized spacial score (nSPS) is 11.0. The van der Waals surface area contributed by atoms with Crippen molar-refractivity contribution in [1.82, 2.24) is 10.6 Å². The van der Waals surface area contributed by atoms with Crippen LogP contribution in [-0.4, -0.2) is 36.6 Å². The van der Waals surface area contributed by atoms with Crippen LogP contribution >= 0.6 is 0 Å². The Bertz CT molecular complexity index is 846. The summed E-state index contributed by atoms with van der Waals surface area (Å²) in [6, 6.07) is 17.4. The molecule has 0 bridgehead atoms. The molecule has 0 aliphatic heterocycles. The Morgan fingerprint density at radius 3 is 1.75 bits per heavy atom. The van der Waals surface area contributed by atoms with Gasteiger partial charge in [-0.2, -0.15) is 0 Å². The Balaban J connectivity index is 1.89. The molecule has 2 aromatic rings. The van der Waals surface area contributed by atoms with Gasteiger partial charge in [-0.1, -0.05) is 60.7 Å². The van der Waals surface area contributed by atoms with Gasteiger partial charge in [0.15, 0.2) is 0 Å². The van der Waals surface area contributed by atoms with Crippen molar-refractivity contribution >= 4 is 24.1 Å². The van der Waals surface area contributed by atoms with Gasteiger partial charge in [-0.3, -0.25) is 20.4 Å². The highest BCUT2D eigenvalue weighted by Gasteiger charge is 2.13. The molecule has 0 radical (unpaired) electrons. The third kappa shape index (κ3) is 9.72. The van der Waals surface area contributed by atoms with E-state index in [9.17, 15) is 14.4 Å². The lowest BCUT2D eigenvalue weighted by Crippen LogP contribution is -2.44. The minimum absolute atomic E-state index is 0.0475. The SMILES string of the molecule is NC(=O)[C@@H](N)CCCN=C(NC(=O)OCc1ccccc1)NC(=O)OCc1ccccc1. The molecule has 0 aliphatic carbocycles. The second-order valence-corrected chi connectivity index (χ2v) is 6.75. The highest BCUT2D eigenvalue weighted by Crippen LogP contribution is 2.02. The van der Waals surface area contributed by atoms with Gasteiger partial charge in [-0.05, 0) is 24.0 Å². The second-order valence-electron chi connectivity index (χ2n) is 6.75. The Morgan fingerprint density at radius 2 is 1.31 bits per heavy atom. The van der Waals surface area contributed by atoms with Crippen molar-refractivity contribution in [1.29, 1.82) is 0 Å². The Kier molecular flexibility index (Phi) is 10.2. The van der Waals surface area contributed by atoms with Crippen LogP contribution in [0.15, 0.2) is 65.7 Å². The van der Waals surface area contributed by atoms with Gasteiger partial charge in [0.1, 0.15) is 13.2 Å². The summed E-state index contributed by atoms with van der Waals surface area (Å²) in [5, 5.41) is 4.76. The number of rotatable bonds is 9. The van der Waals surface area contributed by atoms with Crippen LogP contribution in [0.1, 0.15) is 24.0 Å². The van der Waals surface area contributed by atoms with Crippen molar-refractivity contribution in [2.45, 2.75) is 32.1 Å². The first-order chi connectivity index (χ1) is 15.4. The fourth-order valence-corrected chi connectivity index (χ4v) is 2.47. The third-order valence-electron chi connectivity index (χ3n) is 4.18. The molecule has 3 amide bonds. The van der Waals surface area contributed by atoms with Crippen LogP contribution < -0.4 is 22.1 Å². The number of carbonyl (C=O) groups is 3. The van der Waals surface area contributed by atoms with E-state index in [2.05, 4.69) is 15.6 Å². The van der Waals surface area contributed by atoms with Gasteiger partial charge in [0, 0.05) is 6.54 Å². The molecule has 10 heteroatoms. The molecule has 10 nitrogen and oxygen atoms in total. The zero-order valence-electron chi connectivity index (χ0n) is 17.5. The van der Waals surface area contributed by atoms with Crippen LogP contribution in [0.3, 0.4) is 0 Å². The van der Waals surface area contributed by atoms with Gasteiger partial charge in [0.25, 0.3) is 0 Å². The summed E-state index contributed by atoms with van der Waals surface area (Å²) < 4.78 is 10.3. The number of alkyl carbamates (subject to hydrolysis) is 2. The predicted molar refractivity (Wildman–Crippen MR) is 118 cm³/mol. The van der Waals surface area contributed by atoms with E-state index in [-0.39, 0.29) is 25.7 Å². The molecule has 0 fully saturated rings. The number of carbonyl (C=O) groups excluding carboxylic acids is 3. The fraction of sp³-hybridized carbons (Fsp3) is 0.273. The molecule has 170 valence electrons. The Hall–Kier alpha value is -3.92. The van der Waals surface area contributed by atoms with E-state index in [4.69, 9.17) is 20.9 Å². The number of amides is 3. The summed E-state index contributed by atoms with van der Waals surface area (Å²) in [6.07, 6.45) is -0.882. The maximum atomic E-state index is 12.1. The van der Waals surface area contributed by atoms with E-state index >= 15 is 0 Å². The minimum Gasteiger partial charge on any atom is -0.444 e. The molecule has 0 spiro atoms. The molecule has 2 rings (SSSR count). The lowest BCUT2D eigenvalue weighted by molar-refractivity contribution is -0.119. The number of guanidine groups is 1. The lowest BCUT2D eigenvalue weighted by Gasteiger charge is -2.12. The Morgan fingerprint density at radius 1 is 0.844 bits per heavy atom. The average molecular weight is 441 g/mol. The standard InChI is InChI=1S/C22H27N5O5/c23-18(19(24)28)12-7-13-25-20(26-21(29)31-14-16-8-3-1-4-9-16)27-22(30)32-15-17-10-5-2-6-11-17/h1-6,8-11,18H,7,12-15,23H2,(H2,24,28)(H2,25,26,27,29,30)/t18-/m0/s1. The molecule has 1 atom stereocenters. The number of aliphatic imine (C=N–C) groups is 1. The lowest BCUT2D eigenvalue weighted by atomic mass is 10.1. The summed E-state index contributed by atoms with van der Waals surface area (Å²) in [5.74, 6) is -0.756. The van der Waals surface area contributed by atoms with Gasteiger partial charge < -0.3 is 20.9 Å². The van der Waals surface area contributed by atoms with Crippen LogP contribution in [-0.2, 0) is 27.5 Å². The number of benzene rings is 2. The summed E-state index contributed by atoms with van der Waals surface area (Å²) >= 11 is 0. The Labute approximate surface area is 186 Å². The number of ether oxygens (including phenoxy) is 2. The van der Waals surface area contributed by atoms with Crippen LogP contribution in [0.2, 0.25) is 0 Å². The first-order valence-corrected chi connectivity index (χ1v) is 9.99. The van der Waals surface area contributed by atoms with Crippen molar-refractivity contribution in [3.05, 3.63) is 71.8 Å². The van der Waals surface area contributed by atoms with Crippen molar-refractivity contribution in [3.63, 3.8) is 0 Å². The minimum atomic E-state index is -0.801. The number of hydrogen-bond acceptors (Lipinski definition) is 7. The highest BCUT2D eigenvalue weighted by molar-refractivity contribution is 6.01. The molecule has 0 aromatic heterocycles. The molecule has 6 N–H and O–H groups in total. The van der Waals surface area contributed by atoms with Crippen molar-refractivity contribution < 1.29 is 23.9 Å². The van der Waals surface area contributed by atoms with E-state index in [0.717, 1.165) is 11.1 Å². The number of nitrogens with two attached hydrogens (primary N) is 2. The summed E-state index contributed by atoms with van der Waals surface area (Å²) in [4.78, 5) is 39.4. The van der Waals surface area contributed by atoms with E-state index in [0.29, 0.717) is 12.8 Å². The monoisotopic (exact) mass is 441 g/mol. The van der Waals surface area contributed by atoms with E-state index in [1.165, 1.54) is 0 Å². The molecule has 0 saturated heterocycles. The fourth-order valence-electron chi connectivity index (χ4n) is 2.47. The smallest absolute Gasteiger partial charge is 0.414 e. The van der Waals surface area contributed by atoms with Gasteiger partial charge in [-0.15, -0.1) is 0 Å². The van der Waals surface area contributed by atoms with Crippen molar-refractivity contribution in [2.24, 2.45) is 16.5 Å². The summed E-state index contributed by atoms with van der Waals surface area (Å²) in [7, 11) is 0. The summed E-state index contributed by atoms with van der Waals surface area (Å²) in [6.45, 7) is 0.270. The maximum Gasteiger partial charge on any atom is 0.414 e. The molecule has 2 aromatic carbocycles. The summed E-state index contributed by atoms with van der Waals surface area (Å²) in [5.41, 5.74) is 12.3. The zero-order valence-corrected chi connectivity index (χ0v) is 17.5. The highest BCUT2D eigenvalue weighted by atomic mass is 16.6. The third-order valence-corrected chi connectivity index (χ3v) is 4.18. The number of hydrogen-bond donors (Lipinski definition) is 4. The average Bonchev–Trinajstić information content (AvgIpc) is 2.80. The quantitative estimate of drug-likeness (QED) is 0.264. The first kappa shape index (κ1) is 24.4. The molecular formula is C22H27N5O5. The van der Waals surface area contributed by atoms with Crippen LogP contribution in [0.4, 0.5) is 9.59 Å². The van der Waals surface area contributed by atoms with Crippen molar-refractivity contribution in [3.8, 4) is 0 Å². The molecule has 0 heterocycles. The molecule has 0 unspecified atom stereocenters. The second kappa shape index (κ2) is 13.4. The molecular weight excluding hydrogens is 414 g/mol. The molecule has 32 heavy (non-hydrogen) atoms. The molecule has 0 saturated carbocycles. The largest absolute Gasteiger partial charge is 0.444 e. The van der Waals surface area contributed by atoms with E-state index in [1.807, 2.05) is 60.7 Å². The van der Waals surface area contributed by atoms with Gasteiger partial charge in [-0.25, -0.2) is 9.59 Å². The predicted octanol–water partition coefficient (Wildman–Crippen LogP) is 1.79. The van der Waals surface area contributed by atoms with Crippen molar-refractivity contribution in [2.75, 3.05) is 6.54 Å². The van der Waals surface area contributed by atoms with E-state index in [1.54, 1.807) is 0 Å². The first-order valence-electron chi connectivity index (χ1n) is 9.99. The van der Waals surface area contributed by atoms with E-state index < -0.39 is 24.1 Å². The topological polar surface area (TPSA) is 158 Å².